The summed E-state index contributed by atoms with van der Waals surface area (Å²) in [7, 11) is 0. The summed E-state index contributed by atoms with van der Waals surface area (Å²) in [6, 6.07) is 36.0. The van der Waals surface area contributed by atoms with E-state index in [1.807, 2.05) is 121 Å². The molecule has 0 aliphatic heterocycles. The van der Waals surface area contributed by atoms with Crippen molar-refractivity contribution in [2.75, 3.05) is 0 Å². The molecule has 36 heavy (non-hydrogen) atoms. The highest BCUT2D eigenvalue weighted by Crippen LogP contribution is 2.15. The van der Waals surface area contributed by atoms with Crippen molar-refractivity contribution in [1.82, 2.24) is 0 Å². The summed E-state index contributed by atoms with van der Waals surface area (Å²) in [5.41, 5.74) is 21.5. The molecule has 0 saturated heterocycles. The molecule has 0 radical (unpaired) electrons. The Bertz CT molecular complexity index is 1300. The van der Waals surface area contributed by atoms with Crippen molar-refractivity contribution in [3.8, 4) is 0 Å². The second-order valence-corrected chi connectivity index (χ2v) is 8.63. The predicted molar refractivity (Wildman–Crippen MR) is 153 cm³/mol. The van der Waals surface area contributed by atoms with Gasteiger partial charge in [0.2, 0.25) is 0 Å². The Morgan fingerprint density at radius 1 is 0.472 bits per heavy atom. The maximum atomic E-state index is 6.47. The van der Waals surface area contributed by atoms with E-state index in [4.69, 9.17) is 11.5 Å². The van der Waals surface area contributed by atoms with Crippen molar-refractivity contribution in [3.63, 3.8) is 0 Å². The number of allylic oxidation sites excluding steroid dienone is 2. The maximum absolute atomic E-state index is 6.47. The van der Waals surface area contributed by atoms with Gasteiger partial charge in [0.05, 0.1) is 11.4 Å². The van der Waals surface area contributed by atoms with E-state index in [9.17, 15) is 0 Å². The molecule has 0 spiro atoms. The van der Waals surface area contributed by atoms with Crippen LogP contribution in [0, 0.1) is 13.8 Å². The van der Waals surface area contributed by atoms with Gasteiger partial charge in [0.25, 0.3) is 0 Å². The third-order valence-corrected chi connectivity index (χ3v) is 5.76. The summed E-state index contributed by atoms with van der Waals surface area (Å²) in [6.45, 7) is 4.10. The third-order valence-electron chi connectivity index (χ3n) is 5.76. The van der Waals surface area contributed by atoms with E-state index in [-0.39, 0.29) is 0 Å². The minimum absolute atomic E-state index is 0.615. The first kappa shape index (κ1) is 24.4. The molecule has 4 aromatic rings. The van der Waals surface area contributed by atoms with Gasteiger partial charge in [0.15, 0.2) is 0 Å². The fraction of sp³-hybridized carbons (Fsp3) is 0.0625. The van der Waals surface area contributed by atoms with Crippen LogP contribution in [0.15, 0.2) is 132 Å². The minimum Gasteiger partial charge on any atom is -0.398 e. The first-order valence-electron chi connectivity index (χ1n) is 11.8. The Kier molecular flexibility index (Phi) is 7.89. The van der Waals surface area contributed by atoms with Crippen molar-refractivity contribution >= 4 is 22.8 Å². The van der Waals surface area contributed by atoms with Crippen LogP contribution in [0.2, 0.25) is 0 Å². The molecular formula is C32H30N4. The first-order chi connectivity index (χ1) is 17.5. The van der Waals surface area contributed by atoms with Crippen LogP contribution in [0.1, 0.15) is 33.4 Å². The van der Waals surface area contributed by atoms with E-state index in [0.29, 0.717) is 22.8 Å². The molecule has 0 heterocycles. The lowest BCUT2D eigenvalue weighted by Gasteiger charge is -2.07. The van der Waals surface area contributed by atoms with E-state index >= 15 is 0 Å². The molecule has 0 saturated carbocycles. The lowest BCUT2D eigenvalue weighted by atomic mass is 10.1. The number of nitrogens with two attached hydrogens (primary N) is 2. The van der Waals surface area contributed by atoms with Gasteiger partial charge < -0.3 is 11.5 Å². The van der Waals surface area contributed by atoms with Gasteiger partial charge in [-0.3, -0.25) is 0 Å². The summed E-state index contributed by atoms with van der Waals surface area (Å²) in [4.78, 5) is 0. The van der Waals surface area contributed by atoms with Gasteiger partial charge in [0, 0.05) is 22.5 Å². The molecule has 4 N–H and O–H groups in total. The SMILES string of the molecule is Cc1ccc(\C(N)=C/C(=N/N=C(/C=C(/N)c2ccc(C)cc2)c2ccccc2)c2ccccc2)cc1. The smallest absolute Gasteiger partial charge is 0.0950 e. The minimum atomic E-state index is 0.615. The van der Waals surface area contributed by atoms with Crippen molar-refractivity contribution in [1.29, 1.82) is 0 Å². The number of hydrogen-bond donors (Lipinski definition) is 2. The van der Waals surface area contributed by atoms with Crippen LogP contribution in [-0.2, 0) is 0 Å². The fourth-order valence-electron chi connectivity index (χ4n) is 3.62. The Morgan fingerprint density at radius 2 is 0.806 bits per heavy atom. The second kappa shape index (κ2) is 11.6. The molecule has 0 aliphatic rings. The first-order valence-corrected chi connectivity index (χ1v) is 11.8. The zero-order valence-corrected chi connectivity index (χ0v) is 20.6. The number of nitrogens with zero attached hydrogens (tertiary/aromatic N) is 2. The predicted octanol–water partition coefficient (Wildman–Crippen LogP) is 6.50. The summed E-state index contributed by atoms with van der Waals surface area (Å²) in [5.74, 6) is 0. The topological polar surface area (TPSA) is 76.8 Å². The molecule has 0 unspecified atom stereocenters. The lowest BCUT2D eigenvalue weighted by Crippen LogP contribution is -2.06. The highest BCUT2D eigenvalue weighted by molar-refractivity contribution is 6.14. The largest absolute Gasteiger partial charge is 0.398 e. The van der Waals surface area contributed by atoms with E-state index < -0.39 is 0 Å². The van der Waals surface area contributed by atoms with Gasteiger partial charge in [-0.15, -0.1) is 10.2 Å². The maximum Gasteiger partial charge on any atom is 0.0950 e. The molecule has 0 bridgehead atoms. The van der Waals surface area contributed by atoms with Crippen LogP contribution < -0.4 is 11.5 Å². The highest BCUT2D eigenvalue weighted by Gasteiger charge is 2.07. The van der Waals surface area contributed by atoms with Crippen LogP contribution in [0.4, 0.5) is 0 Å². The van der Waals surface area contributed by atoms with Crippen LogP contribution in [0.3, 0.4) is 0 Å². The standard InChI is InChI=1S/C32H30N4/c1-23-13-17-25(18-14-23)29(33)21-31(27-9-5-3-6-10-27)35-36-32(28-11-7-4-8-12-28)22-30(34)26-19-15-24(2)16-20-26/h3-22H,33-34H2,1-2H3/b29-21+,30-22+,35-31-,36-32-. The monoisotopic (exact) mass is 470 g/mol. The highest BCUT2D eigenvalue weighted by atomic mass is 15.2. The van der Waals surface area contributed by atoms with Gasteiger partial charge >= 0.3 is 0 Å². The normalized spacial score (nSPS) is 13.1. The molecule has 4 nitrogen and oxygen atoms in total. The summed E-state index contributed by atoms with van der Waals surface area (Å²) >= 11 is 0. The molecule has 0 fully saturated rings. The zero-order chi connectivity index (χ0) is 25.3. The van der Waals surface area contributed by atoms with E-state index in [0.717, 1.165) is 22.3 Å². The number of benzene rings is 4. The number of hydrogen-bond acceptors (Lipinski definition) is 4. The van der Waals surface area contributed by atoms with Crippen molar-refractivity contribution < 1.29 is 0 Å². The lowest BCUT2D eigenvalue weighted by molar-refractivity contribution is 1.23. The average Bonchev–Trinajstić information content (AvgIpc) is 2.91. The van der Waals surface area contributed by atoms with E-state index in [1.165, 1.54) is 11.1 Å². The van der Waals surface area contributed by atoms with Crippen LogP contribution in [0.25, 0.3) is 11.4 Å². The molecule has 0 aliphatic carbocycles. The van der Waals surface area contributed by atoms with Gasteiger partial charge in [-0.25, -0.2) is 0 Å². The second-order valence-electron chi connectivity index (χ2n) is 8.63. The number of rotatable bonds is 7. The van der Waals surface area contributed by atoms with E-state index in [2.05, 4.69) is 24.1 Å². The van der Waals surface area contributed by atoms with Crippen molar-refractivity contribution in [3.05, 3.63) is 155 Å². The Labute approximate surface area is 213 Å². The molecular weight excluding hydrogens is 440 g/mol. The van der Waals surface area contributed by atoms with E-state index in [1.54, 1.807) is 0 Å². The van der Waals surface area contributed by atoms with Gasteiger partial charge in [-0.1, -0.05) is 120 Å². The van der Waals surface area contributed by atoms with Gasteiger partial charge in [-0.05, 0) is 37.1 Å². The summed E-state index contributed by atoms with van der Waals surface area (Å²) < 4.78 is 0. The quantitative estimate of drug-likeness (QED) is 0.239. The molecule has 0 aromatic heterocycles. The number of aryl methyl sites for hydroxylation is 2. The zero-order valence-electron chi connectivity index (χ0n) is 20.6. The van der Waals surface area contributed by atoms with Crippen LogP contribution >= 0.6 is 0 Å². The van der Waals surface area contributed by atoms with Gasteiger partial charge in [0.1, 0.15) is 0 Å². The Morgan fingerprint density at radius 3 is 1.14 bits per heavy atom. The molecule has 0 amide bonds. The summed E-state index contributed by atoms with van der Waals surface area (Å²) in [6.07, 6.45) is 3.72. The Balaban J connectivity index is 1.80. The van der Waals surface area contributed by atoms with Crippen molar-refractivity contribution in [2.24, 2.45) is 21.7 Å². The fourth-order valence-corrected chi connectivity index (χ4v) is 3.62. The third kappa shape index (κ3) is 6.45. The Hall–Kier alpha value is -4.70. The average molecular weight is 471 g/mol. The van der Waals surface area contributed by atoms with Crippen LogP contribution in [0.5, 0.6) is 0 Å². The van der Waals surface area contributed by atoms with Gasteiger partial charge in [-0.2, -0.15) is 0 Å². The molecule has 4 heteroatoms. The molecule has 0 atom stereocenters. The molecule has 4 aromatic carbocycles. The molecule has 4 rings (SSSR count). The van der Waals surface area contributed by atoms with Crippen LogP contribution in [-0.4, -0.2) is 11.4 Å². The van der Waals surface area contributed by atoms with Crippen molar-refractivity contribution in [2.45, 2.75) is 13.8 Å². The summed E-state index contributed by atoms with van der Waals surface area (Å²) in [5, 5.41) is 9.33. The molecule has 178 valence electrons.